The third kappa shape index (κ3) is 3.47. The molecular weight excluding hydrogens is 318 g/mol. The van der Waals surface area contributed by atoms with Crippen molar-refractivity contribution in [3.63, 3.8) is 0 Å². The van der Waals surface area contributed by atoms with E-state index in [1.165, 1.54) is 6.92 Å². The summed E-state index contributed by atoms with van der Waals surface area (Å²) in [6.45, 7) is 2.73. The van der Waals surface area contributed by atoms with Gasteiger partial charge in [0.1, 0.15) is 16.4 Å². The first kappa shape index (κ1) is 16.5. The summed E-state index contributed by atoms with van der Waals surface area (Å²) in [5.41, 5.74) is 0.235. The molecule has 7 nitrogen and oxygen atoms in total. The molecule has 1 aliphatic rings. The molecule has 0 saturated carbocycles. The molecule has 0 radical (unpaired) electrons. The molecule has 9 heteroatoms. The van der Waals surface area contributed by atoms with Gasteiger partial charge in [-0.3, -0.25) is 0 Å². The largest absolute Gasteiger partial charge is 0.465 e. The van der Waals surface area contributed by atoms with Crippen molar-refractivity contribution in [3.05, 3.63) is 17.1 Å². The zero-order chi connectivity index (χ0) is 15.8. The van der Waals surface area contributed by atoms with Crippen LogP contribution in [0.25, 0.3) is 0 Å². The Hall–Kier alpha value is -0.900. The summed E-state index contributed by atoms with van der Waals surface area (Å²) in [6, 6.07) is 0. The third-order valence-electron chi connectivity index (χ3n) is 3.64. The summed E-state index contributed by atoms with van der Waals surface area (Å²) in [5.74, 6) is 0.467. The van der Waals surface area contributed by atoms with E-state index in [-0.39, 0.29) is 40.2 Å². The average Bonchev–Trinajstić information content (AvgIpc) is 2.86. The van der Waals surface area contributed by atoms with Crippen LogP contribution in [-0.4, -0.2) is 40.0 Å². The summed E-state index contributed by atoms with van der Waals surface area (Å²) in [6.07, 6.45) is 0.459. The fraction of sp³-hybridized carbons (Fsp3) is 0.667. The van der Waals surface area contributed by atoms with Crippen LogP contribution in [0.2, 0.25) is 0 Å². The number of aryl methyl sites for hydroxylation is 2. The lowest BCUT2D eigenvalue weighted by molar-refractivity contribution is 0.276. The number of hydrogen-bond acceptors (Lipinski definition) is 6. The molecule has 0 amide bonds. The maximum Gasteiger partial charge on any atom is 0.244 e. The molecule has 1 fully saturated rings. The Labute approximate surface area is 124 Å². The summed E-state index contributed by atoms with van der Waals surface area (Å²) in [7, 11) is -6.87. The lowest BCUT2D eigenvalue weighted by atomic mass is 10.1. The van der Waals surface area contributed by atoms with Gasteiger partial charge in [-0.05, 0) is 26.2 Å². The predicted octanol–water partition coefficient (Wildman–Crippen LogP) is 0.102. The van der Waals surface area contributed by atoms with Gasteiger partial charge in [-0.2, -0.15) is 0 Å². The highest BCUT2D eigenvalue weighted by atomic mass is 32.2. The van der Waals surface area contributed by atoms with E-state index in [0.717, 1.165) is 0 Å². The second kappa shape index (κ2) is 5.71. The molecule has 0 aromatic carbocycles. The standard InChI is InChI=1S/C12H19NO6S2/c1-8-11(6-14)12(9(2)19-8)21(17,18)13-5-10-3-4-20(15,16)7-10/h10,13-14H,3-7H2,1-2H3. The first-order valence-corrected chi connectivity index (χ1v) is 9.86. The molecule has 21 heavy (non-hydrogen) atoms. The number of sulfonamides is 1. The van der Waals surface area contributed by atoms with E-state index in [0.29, 0.717) is 12.2 Å². The zero-order valence-corrected chi connectivity index (χ0v) is 13.6. The Morgan fingerprint density at radius 1 is 1.33 bits per heavy atom. The lowest BCUT2D eigenvalue weighted by Gasteiger charge is -2.11. The van der Waals surface area contributed by atoms with Crippen molar-refractivity contribution in [1.82, 2.24) is 4.72 Å². The lowest BCUT2D eigenvalue weighted by Crippen LogP contribution is -2.30. The van der Waals surface area contributed by atoms with E-state index in [4.69, 9.17) is 4.42 Å². The summed E-state index contributed by atoms with van der Waals surface area (Å²) < 4.78 is 55.1. The van der Waals surface area contributed by atoms with Crippen molar-refractivity contribution in [2.45, 2.75) is 31.8 Å². The molecule has 1 saturated heterocycles. The van der Waals surface area contributed by atoms with E-state index in [1.54, 1.807) is 6.92 Å². The van der Waals surface area contributed by atoms with Crippen LogP contribution in [0.1, 0.15) is 23.5 Å². The second-order valence-electron chi connectivity index (χ2n) is 5.30. The number of rotatable bonds is 5. The SMILES string of the molecule is Cc1oc(C)c(S(=O)(=O)NCC2CCS(=O)(=O)C2)c1CO. The van der Waals surface area contributed by atoms with Gasteiger partial charge in [0.15, 0.2) is 9.84 Å². The van der Waals surface area contributed by atoms with Crippen LogP contribution in [0, 0.1) is 19.8 Å². The molecule has 1 atom stereocenters. The van der Waals surface area contributed by atoms with Gasteiger partial charge in [-0.15, -0.1) is 0 Å². The van der Waals surface area contributed by atoms with Crippen LogP contribution in [-0.2, 0) is 26.5 Å². The quantitative estimate of drug-likeness (QED) is 0.788. The van der Waals surface area contributed by atoms with E-state index >= 15 is 0 Å². The van der Waals surface area contributed by atoms with Crippen LogP contribution < -0.4 is 4.72 Å². The van der Waals surface area contributed by atoms with Crippen molar-refractivity contribution in [2.75, 3.05) is 18.1 Å². The minimum Gasteiger partial charge on any atom is -0.465 e. The Bertz CT molecular complexity index is 732. The topological polar surface area (TPSA) is 114 Å². The van der Waals surface area contributed by atoms with E-state index in [9.17, 15) is 21.9 Å². The summed E-state index contributed by atoms with van der Waals surface area (Å²) >= 11 is 0. The number of aliphatic hydroxyl groups excluding tert-OH is 1. The molecule has 1 aliphatic heterocycles. The van der Waals surface area contributed by atoms with Gasteiger partial charge in [0.05, 0.1) is 18.1 Å². The van der Waals surface area contributed by atoms with E-state index in [1.807, 2.05) is 0 Å². The van der Waals surface area contributed by atoms with Gasteiger partial charge < -0.3 is 9.52 Å². The fourth-order valence-electron chi connectivity index (χ4n) is 2.58. The fourth-order valence-corrected chi connectivity index (χ4v) is 5.99. The molecule has 2 N–H and O–H groups in total. The van der Waals surface area contributed by atoms with E-state index < -0.39 is 26.5 Å². The predicted molar refractivity (Wildman–Crippen MR) is 76.1 cm³/mol. The number of hydrogen-bond donors (Lipinski definition) is 2. The van der Waals surface area contributed by atoms with Crippen LogP contribution in [0.4, 0.5) is 0 Å². The van der Waals surface area contributed by atoms with Gasteiger partial charge in [0.2, 0.25) is 10.0 Å². The molecule has 120 valence electrons. The van der Waals surface area contributed by atoms with Gasteiger partial charge in [0, 0.05) is 12.1 Å². The second-order valence-corrected chi connectivity index (χ2v) is 9.23. The number of sulfone groups is 1. The Kier molecular flexibility index (Phi) is 4.48. The van der Waals surface area contributed by atoms with Crippen molar-refractivity contribution in [3.8, 4) is 0 Å². The van der Waals surface area contributed by atoms with Crippen molar-refractivity contribution in [2.24, 2.45) is 5.92 Å². The van der Waals surface area contributed by atoms with Gasteiger partial charge in [0.25, 0.3) is 0 Å². The normalized spacial score (nSPS) is 21.8. The highest BCUT2D eigenvalue weighted by Gasteiger charge is 2.31. The molecule has 0 spiro atoms. The molecule has 0 bridgehead atoms. The first-order chi connectivity index (χ1) is 9.66. The Morgan fingerprint density at radius 2 is 2.00 bits per heavy atom. The van der Waals surface area contributed by atoms with Crippen LogP contribution in [0.3, 0.4) is 0 Å². The Morgan fingerprint density at radius 3 is 2.52 bits per heavy atom. The highest BCUT2D eigenvalue weighted by molar-refractivity contribution is 7.91. The monoisotopic (exact) mass is 337 g/mol. The molecule has 1 aromatic rings. The van der Waals surface area contributed by atoms with Gasteiger partial charge >= 0.3 is 0 Å². The zero-order valence-electron chi connectivity index (χ0n) is 11.9. The van der Waals surface area contributed by atoms with Crippen molar-refractivity contribution in [1.29, 1.82) is 0 Å². The molecule has 2 heterocycles. The minimum absolute atomic E-state index is 0.00573. The minimum atomic E-state index is -3.84. The summed E-state index contributed by atoms with van der Waals surface area (Å²) in [5, 5.41) is 9.29. The van der Waals surface area contributed by atoms with E-state index in [2.05, 4.69) is 4.72 Å². The average molecular weight is 337 g/mol. The van der Waals surface area contributed by atoms with Crippen LogP contribution in [0.15, 0.2) is 9.31 Å². The van der Waals surface area contributed by atoms with Crippen molar-refractivity contribution < 1.29 is 26.4 Å². The molecule has 2 rings (SSSR count). The smallest absolute Gasteiger partial charge is 0.244 e. The summed E-state index contributed by atoms with van der Waals surface area (Å²) in [4.78, 5) is -0.0524. The molecule has 1 unspecified atom stereocenters. The van der Waals surface area contributed by atoms with Gasteiger partial charge in [-0.1, -0.05) is 0 Å². The molecule has 0 aliphatic carbocycles. The first-order valence-electron chi connectivity index (χ1n) is 6.56. The van der Waals surface area contributed by atoms with Crippen LogP contribution >= 0.6 is 0 Å². The van der Waals surface area contributed by atoms with Crippen molar-refractivity contribution >= 4 is 19.9 Å². The maximum atomic E-state index is 12.3. The Balaban J connectivity index is 2.16. The number of aliphatic hydroxyl groups is 1. The number of furan rings is 1. The van der Waals surface area contributed by atoms with Crippen LogP contribution in [0.5, 0.6) is 0 Å². The molecular formula is C12H19NO6S2. The molecule has 1 aromatic heterocycles. The maximum absolute atomic E-state index is 12.3. The third-order valence-corrected chi connectivity index (χ3v) is 7.10. The highest BCUT2D eigenvalue weighted by Crippen LogP contribution is 2.27. The van der Waals surface area contributed by atoms with Gasteiger partial charge in [-0.25, -0.2) is 21.6 Å². The number of nitrogens with one attached hydrogen (secondary N) is 1.